The second-order valence-corrected chi connectivity index (χ2v) is 22.9. The van der Waals surface area contributed by atoms with Crippen LogP contribution in [0.2, 0.25) is 0 Å². The first-order valence-electron chi connectivity index (χ1n) is 13.6. The summed E-state index contributed by atoms with van der Waals surface area (Å²) < 4.78 is 7.05. The first-order chi connectivity index (χ1) is 16.1. The van der Waals surface area contributed by atoms with E-state index in [1.807, 2.05) is 0 Å². The zero-order chi connectivity index (χ0) is 27.5. The standard InChI is InChI=1S/C33H52OP2/c1-29(2,3)35(30(4,5)6)21-23-17-15-19-25-27(23)34-28-24(18-16-20-26(28)33(25,13)14)22-36(31(7,8)9)32(10,11)12/h15-20H,21-22H2,1-14H3. The van der Waals surface area contributed by atoms with Crippen molar-refractivity contribution in [1.82, 2.24) is 0 Å². The molecule has 1 aliphatic heterocycles. The molecule has 0 bridgehead atoms. The van der Waals surface area contributed by atoms with Gasteiger partial charge in [-0.15, -0.1) is 0 Å². The molecule has 0 radical (unpaired) electrons. The summed E-state index contributed by atoms with van der Waals surface area (Å²) in [5, 5.41) is 1.11. The van der Waals surface area contributed by atoms with Gasteiger partial charge in [0.05, 0.1) is 0 Å². The Morgan fingerprint density at radius 3 is 1.14 bits per heavy atom. The maximum atomic E-state index is 7.05. The van der Waals surface area contributed by atoms with E-state index in [1.54, 1.807) is 0 Å². The largest absolute Gasteiger partial charge is 0.456 e. The Balaban J connectivity index is 2.14. The number of benzene rings is 2. The first-order valence-corrected chi connectivity index (χ1v) is 16.7. The smallest absolute Gasteiger partial charge is 0.135 e. The molecule has 1 nitrogen and oxygen atoms in total. The molecule has 200 valence electrons. The minimum atomic E-state index is -0.262. The Bertz CT molecular complexity index is 971. The topological polar surface area (TPSA) is 9.23 Å². The zero-order valence-corrected chi connectivity index (χ0v) is 27.5. The number of para-hydroxylation sites is 2. The van der Waals surface area contributed by atoms with E-state index in [4.69, 9.17) is 4.74 Å². The molecule has 0 unspecified atom stereocenters. The maximum Gasteiger partial charge on any atom is 0.135 e. The third kappa shape index (κ3) is 6.05. The molecule has 0 saturated heterocycles. The quantitative estimate of drug-likeness (QED) is 0.360. The average Bonchev–Trinajstić information content (AvgIpc) is 2.67. The third-order valence-corrected chi connectivity index (χ3v) is 15.4. The molecule has 2 aromatic carbocycles. The Morgan fingerprint density at radius 2 is 0.861 bits per heavy atom. The molecule has 2 aromatic rings. The van der Waals surface area contributed by atoms with E-state index >= 15 is 0 Å². The van der Waals surface area contributed by atoms with Crippen LogP contribution >= 0.6 is 15.8 Å². The second kappa shape index (κ2) is 9.69. The minimum Gasteiger partial charge on any atom is -0.456 e. The van der Waals surface area contributed by atoms with E-state index in [-0.39, 0.29) is 41.9 Å². The van der Waals surface area contributed by atoms with E-state index in [0.29, 0.717) is 0 Å². The van der Waals surface area contributed by atoms with Gasteiger partial charge < -0.3 is 4.74 Å². The second-order valence-electron chi connectivity index (χ2n) is 15.2. The van der Waals surface area contributed by atoms with Crippen LogP contribution in [-0.4, -0.2) is 20.6 Å². The van der Waals surface area contributed by atoms with E-state index in [9.17, 15) is 0 Å². The van der Waals surface area contributed by atoms with Gasteiger partial charge in [0.25, 0.3) is 0 Å². The summed E-state index contributed by atoms with van der Waals surface area (Å²) in [7, 11) is -0.523. The van der Waals surface area contributed by atoms with Crippen molar-refractivity contribution in [2.45, 2.75) is 135 Å². The van der Waals surface area contributed by atoms with Gasteiger partial charge in [-0.2, -0.15) is 0 Å². The van der Waals surface area contributed by atoms with Gasteiger partial charge in [0, 0.05) is 16.5 Å². The van der Waals surface area contributed by atoms with E-state index < -0.39 is 0 Å². The van der Waals surface area contributed by atoms with Gasteiger partial charge in [-0.1, -0.05) is 149 Å². The lowest BCUT2D eigenvalue weighted by molar-refractivity contribution is 0.411. The average molecular weight is 527 g/mol. The summed E-state index contributed by atoms with van der Waals surface area (Å²) in [4.78, 5) is 0. The van der Waals surface area contributed by atoms with Gasteiger partial charge in [-0.3, -0.25) is 0 Å². The summed E-state index contributed by atoms with van der Waals surface area (Å²) in [6.07, 6.45) is 2.19. The van der Waals surface area contributed by atoms with Crippen LogP contribution in [0, 0.1) is 0 Å². The van der Waals surface area contributed by atoms with Crippen molar-refractivity contribution in [1.29, 1.82) is 0 Å². The molecule has 0 aliphatic carbocycles. The third-order valence-electron chi connectivity index (χ3n) is 7.64. The molecule has 0 amide bonds. The molecule has 0 saturated carbocycles. The highest BCUT2D eigenvalue weighted by Crippen LogP contribution is 2.64. The van der Waals surface area contributed by atoms with Crippen molar-refractivity contribution in [2.75, 3.05) is 0 Å². The predicted octanol–water partition coefficient (Wildman–Crippen LogP) is 11.3. The number of fused-ring (bicyclic) bond motifs is 2. The number of hydrogen-bond acceptors (Lipinski definition) is 1. The molecule has 0 spiro atoms. The lowest BCUT2D eigenvalue weighted by atomic mass is 9.74. The fourth-order valence-corrected chi connectivity index (χ4v) is 13.3. The number of hydrogen-bond donors (Lipinski definition) is 0. The molecular weight excluding hydrogens is 474 g/mol. The normalized spacial score (nSPS) is 16.1. The van der Waals surface area contributed by atoms with Gasteiger partial charge in [0.15, 0.2) is 0 Å². The monoisotopic (exact) mass is 526 g/mol. The van der Waals surface area contributed by atoms with Crippen molar-refractivity contribution in [3.8, 4) is 11.5 Å². The number of ether oxygens (including phenoxy) is 1. The molecule has 0 fully saturated rings. The van der Waals surface area contributed by atoms with Crippen LogP contribution in [0.5, 0.6) is 11.5 Å². The summed E-state index contributed by atoms with van der Waals surface area (Å²) >= 11 is 0. The zero-order valence-electron chi connectivity index (χ0n) is 25.7. The summed E-state index contributed by atoms with van der Waals surface area (Å²) in [6.45, 7) is 33.8. The van der Waals surface area contributed by atoms with Crippen molar-refractivity contribution >= 4 is 15.8 Å². The fourth-order valence-electron chi connectivity index (χ4n) is 6.19. The Morgan fingerprint density at radius 1 is 0.556 bits per heavy atom. The highest BCUT2D eigenvalue weighted by Gasteiger charge is 2.41. The van der Waals surface area contributed by atoms with Crippen molar-refractivity contribution in [2.24, 2.45) is 0 Å². The molecule has 1 aliphatic rings. The molecule has 3 rings (SSSR count). The van der Waals surface area contributed by atoms with Gasteiger partial charge in [-0.25, -0.2) is 0 Å². The van der Waals surface area contributed by atoms with Gasteiger partial charge in [0.2, 0.25) is 0 Å². The van der Waals surface area contributed by atoms with Crippen LogP contribution in [0.15, 0.2) is 36.4 Å². The van der Waals surface area contributed by atoms with Crippen LogP contribution < -0.4 is 4.74 Å². The van der Waals surface area contributed by atoms with E-state index in [1.165, 1.54) is 22.3 Å². The molecule has 0 N–H and O–H groups in total. The molecule has 0 aromatic heterocycles. The maximum absolute atomic E-state index is 7.05. The van der Waals surface area contributed by atoms with Crippen LogP contribution in [0.3, 0.4) is 0 Å². The van der Waals surface area contributed by atoms with E-state index in [2.05, 4.69) is 133 Å². The van der Waals surface area contributed by atoms with E-state index in [0.717, 1.165) is 23.8 Å². The summed E-state index contributed by atoms with van der Waals surface area (Å²) in [5.41, 5.74) is 5.33. The van der Waals surface area contributed by atoms with Crippen molar-refractivity contribution < 1.29 is 4.74 Å². The van der Waals surface area contributed by atoms with Crippen LogP contribution in [-0.2, 0) is 17.7 Å². The van der Waals surface area contributed by atoms with Gasteiger partial charge >= 0.3 is 0 Å². The van der Waals surface area contributed by atoms with Crippen LogP contribution in [0.1, 0.15) is 119 Å². The van der Waals surface area contributed by atoms with Crippen molar-refractivity contribution in [3.63, 3.8) is 0 Å². The highest BCUT2D eigenvalue weighted by atomic mass is 31.1. The number of rotatable bonds is 4. The Kier molecular flexibility index (Phi) is 7.98. The fraction of sp³-hybridized carbons (Fsp3) is 0.636. The van der Waals surface area contributed by atoms with Crippen molar-refractivity contribution in [3.05, 3.63) is 58.7 Å². The summed E-state index contributed by atoms with van der Waals surface area (Å²) in [5.74, 6) is 2.25. The minimum absolute atomic E-state index is 0.0899. The SMILES string of the molecule is CC1(C)c2cccc(CP(C(C)(C)C)C(C)(C)C)c2Oc2c(CP(C(C)(C)C)C(C)(C)C)cccc21. The Labute approximate surface area is 225 Å². The first kappa shape index (κ1) is 29.7. The molecule has 3 heteroatoms. The lowest BCUT2D eigenvalue weighted by Crippen LogP contribution is -2.28. The lowest BCUT2D eigenvalue weighted by Gasteiger charge is -2.44. The Hall–Kier alpha value is -0.900. The van der Waals surface area contributed by atoms with Gasteiger partial charge in [-0.05, 0) is 44.1 Å². The van der Waals surface area contributed by atoms with Crippen LogP contribution in [0.25, 0.3) is 0 Å². The molecule has 0 atom stereocenters. The van der Waals surface area contributed by atoms with Gasteiger partial charge in [0.1, 0.15) is 11.5 Å². The summed E-state index contributed by atoms with van der Waals surface area (Å²) in [6, 6.07) is 13.8. The molecule has 36 heavy (non-hydrogen) atoms. The highest BCUT2D eigenvalue weighted by molar-refractivity contribution is 7.60. The van der Waals surface area contributed by atoms with Crippen LogP contribution in [0.4, 0.5) is 0 Å². The predicted molar refractivity (Wildman–Crippen MR) is 165 cm³/mol. The molecule has 1 heterocycles. The molecular formula is C33H52OP2.